The number of nitrogens with two attached hydrogens (primary N) is 1. The molecule has 282 valence electrons. The summed E-state index contributed by atoms with van der Waals surface area (Å²) >= 11 is 17.9. The molecule has 0 atom stereocenters. The molecule has 0 saturated carbocycles. The van der Waals surface area contributed by atoms with Crippen molar-refractivity contribution < 1.29 is 0 Å². The number of hydrogen-bond donors (Lipinski definition) is 1. The number of thiophene rings is 2. The second kappa shape index (κ2) is 22.3. The fourth-order valence-corrected chi connectivity index (χ4v) is 11.7. The van der Waals surface area contributed by atoms with Crippen molar-refractivity contribution in [3.63, 3.8) is 0 Å². The number of benzene rings is 2. The average molecular weight is 905 g/mol. The molecule has 2 aromatic carbocycles. The van der Waals surface area contributed by atoms with Gasteiger partial charge < -0.3 is 5.73 Å². The van der Waals surface area contributed by atoms with Crippen LogP contribution >= 0.6 is 66.3 Å². The third-order valence-electron chi connectivity index (χ3n) is 10.4. The van der Waals surface area contributed by atoms with Gasteiger partial charge in [0.25, 0.3) is 0 Å². The molecule has 5 aromatic rings. The summed E-state index contributed by atoms with van der Waals surface area (Å²) < 4.78 is 16.4. The molecule has 3 aromatic heterocycles. The van der Waals surface area contributed by atoms with Gasteiger partial charge in [-0.2, -0.15) is 13.1 Å². The Balaban J connectivity index is 1.26. The lowest BCUT2D eigenvalue weighted by Gasteiger charge is -2.12. The second-order valence-corrected chi connectivity index (χ2v) is 19.9. The lowest BCUT2D eigenvalue weighted by atomic mass is 9.97. The predicted molar refractivity (Wildman–Crippen MR) is 242 cm³/mol. The van der Waals surface area contributed by atoms with Crippen LogP contribution < -0.4 is 5.73 Å². The topological polar surface area (TPSA) is 64.2 Å². The van der Waals surface area contributed by atoms with E-state index in [0.717, 1.165) is 50.7 Å². The zero-order chi connectivity index (χ0) is 36.7. The van der Waals surface area contributed by atoms with E-state index in [2.05, 4.69) is 74.3 Å². The molecule has 0 aliphatic rings. The van der Waals surface area contributed by atoms with Gasteiger partial charge in [0.2, 0.25) is 0 Å². The predicted octanol–water partition coefficient (Wildman–Crippen LogP) is 16.7. The summed E-state index contributed by atoms with van der Waals surface area (Å²) in [5.41, 5.74) is 14.8. The Labute approximate surface area is 346 Å². The fourth-order valence-electron chi connectivity index (χ4n) is 7.31. The molecule has 0 radical (unpaired) electrons. The van der Waals surface area contributed by atoms with Crippen LogP contribution in [0.5, 0.6) is 0 Å². The van der Waals surface area contributed by atoms with E-state index < -0.39 is 0 Å². The standard InChI is InChI=1S/C42H56Br2N4S4/c1-3-5-7-9-11-13-15-17-19-21-23-29-25-35(50-41(29)43)33-27-32-31(38(46-49)37(33)45)28-34(40-39(32)47-52-48-40)36-26-30(42(44)51-36)24-22-20-18-16-14-12-10-8-6-4-2/h25-28H,3-24,45H2,1-2H3. The van der Waals surface area contributed by atoms with Gasteiger partial charge in [0.15, 0.2) is 0 Å². The third-order valence-corrected chi connectivity index (χ3v) is 15.1. The number of unbranched alkanes of at least 4 members (excludes halogenated alkanes) is 18. The van der Waals surface area contributed by atoms with Gasteiger partial charge in [0.05, 0.1) is 25.0 Å². The number of nitrogens with zero attached hydrogens (tertiary/aromatic N) is 3. The van der Waals surface area contributed by atoms with Crippen molar-refractivity contribution in [2.24, 2.45) is 4.36 Å². The van der Waals surface area contributed by atoms with E-state index >= 15 is 0 Å². The number of aryl methyl sites for hydroxylation is 2. The number of nitrogen functional groups attached to an aromatic ring is 1. The van der Waals surface area contributed by atoms with Gasteiger partial charge in [0.1, 0.15) is 16.7 Å². The summed E-state index contributed by atoms with van der Waals surface area (Å²) in [5.74, 6) is 0. The molecule has 2 N–H and O–H groups in total. The number of fused-ring (bicyclic) bond motifs is 3. The molecule has 4 nitrogen and oxygen atoms in total. The zero-order valence-corrected chi connectivity index (χ0v) is 37.6. The van der Waals surface area contributed by atoms with E-state index in [1.165, 1.54) is 164 Å². The summed E-state index contributed by atoms with van der Waals surface area (Å²) in [5, 5.41) is 1.94. The molecule has 0 amide bonds. The van der Waals surface area contributed by atoms with Gasteiger partial charge in [-0.3, -0.25) is 0 Å². The molecular weight excluding hydrogens is 849 g/mol. The molecule has 0 aliphatic carbocycles. The van der Waals surface area contributed by atoms with Gasteiger partial charge in [-0.05, 0) is 92.9 Å². The summed E-state index contributed by atoms with van der Waals surface area (Å²) in [6.07, 6.45) is 29.1. The Morgan fingerprint density at radius 3 is 1.48 bits per heavy atom. The van der Waals surface area contributed by atoms with Crippen LogP contribution in [0.4, 0.5) is 11.4 Å². The maximum absolute atomic E-state index is 6.91. The number of aromatic nitrogens is 2. The van der Waals surface area contributed by atoms with Crippen LogP contribution in [-0.4, -0.2) is 8.75 Å². The number of anilines is 1. The Hall–Kier alpha value is -1.30. The molecule has 52 heavy (non-hydrogen) atoms. The molecule has 5 rings (SSSR count). The third kappa shape index (κ3) is 11.4. The molecule has 0 spiro atoms. The molecule has 10 heteroatoms. The molecule has 0 unspecified atom stereocenters. The molecular formula is C42H56Br2N4S4. The summed E-state index contributed by atoms with van der Waals surface area (Å²) in [6, 6.07) is 9.01. The van der Waals surface area contributed by atoms with Crippen molar-refractivity contribution in [1.29, 1.82) is 0 Å². The minimum atomic E-state index is 0.629. The Bertz CT molecular complexity index is 1860. The van der Waals surface area contributed by atoms with Crippen molar-refractivity contribution in [1.82, 2.24) is 8.75 Å². The van der Waals surface area contributed by atoms with E-state index in [1.54, 1.807) is 22.7 Å². The van der Waals surface area contributed by atoms with Crippen LogP contribution in [0.2, 0.25) is 0 Å². The van der Waals surface area contributed by atoms with Crippen molar-refractivity contribution in [3.05, 3.63) is 43.0 Å². The van der Waals surface area contributed by atoms with Crippen molar-refractivity contribution in [2.45, 2.75) is 155 Å². The lowest BCUT2D eigenvalue weighted by molar-refractivity contribution is 0.556. The summed E-state index contributed by atoms with van der Waals surface area (Å²) in [7, 11) is 0. The van der Waals surface area contributed by atoms with Crippen LogP contribution in [0.25, 0.3) is 42.7 Å². The minimum Gasteiger partial charge on any atom is -0.396 e. The fraction of sp³-hybridized carbons (Fsp3) is 0.571. The Morgan fingerprint density at radius 2 is 1.00 bits per heavy atom. The van der Waals surface area contributed by atoms with Crippen LogP contribution in [0.15, 0.2) is 36.2 Å². The first-order chi connectivity index (χ1) is 25.5. The largest absolute Gasteiger partial charge is 0.396 e. The van der Waals surface area contributed by atoms with Crippen molar-refractivity contribution in [2.75, 3.05) is 5.73 Å². The zero-order valence-electron chi connectivity index (χ0n) is 31.2. The van der Waals surface area contributed by atoms with Gasteiger partial charge in [-0.15, -0.1) is 22.7 Å². The van der Waals surface area contributed by atoms with Gasteiger partial charge in [-0.1, -0.05) is 129 Å². The van der Waals surface area contributed by atoms with Gasteiger partial charge in [-0.25, -0.2) is 0 Å². The lowest BCUT2D eigenvalue weighted by Crippen LogP contribution is -1.93. The number of rotatable bonds is 25. The maximum atomic E-state index is 6.91. The van der Waals surface area contributed by atoms with Crippen molar-refractivity contribution in [3.8, 4) is 20.9 Å². The first kappa shape index (κ1) is 41.9. The van der Waals surface area contributed by atoms with Crippen LogP contribution in [0, 0.1) is 0 Å². The first-order valence-corrected chi connectivity index (χ1v) is 24.2. The molecule has 0 fully saturated rings. The average Bonchev–Trinajstić information content (AvgIpc) is 3.88. The SMILES string of the molecule is CCCCCCCCCCCCc1cc(-c2cc3c(cc(-c4cc(CCCCCCCCCCCC)c(Br)s4)c4nsnc43)c(N=S)c2N)sc1Br. The normalized spacial score (nSPS) is 11.8. The Morgan fingerprint density at radius 1 is 0.577 bits per heavy atom. The summed E-state index contributed by atoms with van der Waals surface area (Å²) in [4.78, 5) is 2.32. The van der Waals surface area contributed by atoms with Crippen LogP contribution in [0.3, 0.4) is 0 Å². The highest BCUT2D eigenvalue weighted by molar-refractivity contribution is 9.11. The highest BCUT2D eigenvalue weighted by Crippen LogP contribution is 2.48. The smallest absolute Gasteiger partial charge is 0.114 e. The molecule has 0 saturated heterocycles. The minimum absolute atomic E-state index is 0.629. The van der Waals surface area contributed by atoms with E-state index in [0.29, 0.717) is 11.4 Å². The van der Waals surface area contributed by atoms with Gasteiger partial charge >= 0.3 is 0 Å². The first-order valence-electron chi connectivity index (χ1n) is 19.9. The maximum Gasteiger partial charge on any atom is 0.114 e. The molecule has 0 bridgehead atoms. The second-order valence-electron chi connectivity index (χ2n) is 14.4. The highest BCUT2D eigenvalue weighted by Gasteiger charge is 2.22. The van der Waals surface area contributed by atoms with Crippen LogP contribution in [-0.2, 0) is 25.3 Å². The number of hydrogen-bond acceptors (Lipinski definition) is 8. The van der Waals surface area contributed by atoms with Crippen LogP contribution in [0.1, 0.15) is 153 Å². The van der Waals surface area contributed by atoms with E-state index in [9.17, 15) is 0 Å². The van der Waals surface area contributed by atoms with E-state index in [1.807, 2.05) is 0 Å². The van der Waals surface area contributed by atoms with E-state index in [-0.39, 0.29) is 0 Å². The quantitative estimate of drug-likeness (QED) is 0.0468. The molecule has 3 heterocycles. The van der Waals surface area contributed by atoms with Gasteiger partial charge in [0, 0.05) is 44.1 Å². The number of halogens is 2. The van der Waals surface area contributed by atoms with E-state index in [4.69, 9.17) is 26.9 Å². The van der Waals surface area contributed by atoms with Crippen molar-refractivity contribution >= 4 is 112 Å². The summed E-state index contributed by atoms with van der Waals surface area (Å²) in [6.45, 7) is 4.57. The Kier molecular flexibility index (Phi) is 18.0. The monoisotopic (exact) mass is 902 g/mol. The highest BCUT2D eigenvalue weighted by atomic mass is 79.9. The molecule has 0 aliphatic heterocycles.